The lowest BCUT2D eigenvalue weighted by Crippen LogP contribution is -2.33. The zero-order chi connectivity index (χ0) is 25.5. The third kappa shape index (κ3) is 6.23. The molecule has 0 radical (unpaired) electrons. The van der Waals surface area contributed by atoms with Crippen LogP contribution in [0.15, 0.2) is 60.7 Å². The molecule has 4 rings (SSSR count). The summed E-state index contributed by atoms with van der Waals surface area (Å²) in [7, 11) is 1.65. The molecule has 1 heterocycles. The maximum atomic E-state index is 13.2. The molecule has 0 bridgehead atoms. The van der Waals surface area contributed by atoms with E-state index in [-0.39, 0.29) is 11.9 Å². The number of fused-ring (bicyclic) bond motifs is 1. The molecule has 3 aromatic carbocycles. The van der Waals surface area contributed by atoms with E-state index in [2.05, 4.69) is 39.0 Å². The largest absolute Gasteiger partial charge is 0.385 e. The number of urea groups is 1. The van der Waals surface area contributed by atoms with Crippen LogP contribution in [0.4, 0.5) is 21.9 Å². The Bertz CT molecular complexity index is 1240. The number of hydrogen-bond donors (Lipinski definition) is 3. The lowest BCUT2D eigenvalue weighted by molar-refractivity contribution is 0.0949. The van der Waals surface area contributed by atoms with Crippen molar-refractivity contribution in [2.45, 2.75) is 33.2 Å². The quantitative estimate of drug-likeness (QED) is 0.379. The first-order valence-corrected chi connectivity index (χ1v) is 12.3. The molecule has 1 aliphatic rings. The summed E-state index contributed by atoms with van der Waals surface area (Å²) in [5, 5.41) is 8.77. The van der Waals surface area contributed by atoms with E-state index in [0.29, 0.717) is 24.4 Å². The number of rotatable bonds is 8. The van der Waals surface area contributed by atoms with Gasteiger partial charge in [-0.05, 0) is 67.6 Å². The van der Waals surface area contributed by atoms with Crippen molar-refractivity contribution in [2.75, 3.05) is 42.3 Å². The number of nitrogens with zero attached hydrogens (tertiary/aromatic N) is 1. The summed E-state index contributed by atoms with van der Waals surface area (Å²) in [6.45, 7) is 6.62. The first-order valence-electron chi connectivity index (χ1n) is 12.3. The minimum atomic E-state index is -0.354. The fourth-order valence-electron chi connectivity index (χ4n) is 4.52. The lowest BCUT2D eigenvalue weighted by atomic mass is 9.98. The van der Waals surface area contributed by atoms with E-state index in [1.54, 1.807) is 13.2 Å². The number of hydrogen-bond acceptors (Lipinski definition) is 4. The van der Waals surface area contributed by atoms with Crippen molar-refractivity contribution in [3.8, 4) is 0 Å². The highest BCUT2D eigenvalue weighted by atomic mass is 16.5. The second kappa shape index (κ2) is 11.7. The zero-order valence-corrected chi connectivity index (χ0v) is 21.2. The molecule has 0 fully saturated rings. The smallest absolute Gasteiger partial charge is 0.323 e. The summed E-state index contributed by atoms with van der Waals surface area (Å²) in [5.41, 5.74) is 7.44. The SMILES string of the molecule is COCCCNC(=O)c1cc(NC(=O)Nc2ccc(C)cc2C)ccc1N1CCc2ccccc2C1. The molecular weight excluding hydrogens is 452 g/mol. The van der Waals surface area contributed by atoms with Gasteiger partial charge in [-0.1, -0.05) is 42.0 Å². The number of nitrogens with one attached hydrogen (secondary N) is 3. The van der Waals surface area contributed by atoms with Crippen molar-refractivity contribution in [3.05, 3.63) is 88.5 Å². The Morgan fingerprint density at radius 1 is 0.972 bits per heavy atom. The van der Waals surface area contributed by atoms with Crippen molar-refractivity contribution in [1.29, 1.82) is 0 Å². The highest BCUT2D eigenvalue weighted by Gasteiger charge is 2.22. The molecule has 0 atom stereocenters. The number of ether oxygens (including phenoxy) is 1. The summed E-state index contributed by atoms with van der Waals surface area (Å²) >= 11 is 0. The molecule has 0 aromatic heterocycles. The van der Waals surface area contributed by atoms with Gasteiger partial charge in [0, 0.05) is 50.4 Å². The number of amides is 3. The Balaban J connectivity index is 1.54. The summed E-state index contributed by atoms with van der Waals surface area (Å²) in [5.74, 6) is -0.168. The van der Waals surface area contributed by atoms with Gasteiger partial charge in [0.15, 0.2) is 0 Å². The molecule has 0 saturated carbocycles. The zero-order valence-electron chi connectivity index (χ0n) is 21.2. The molecule has 7 heteroatoms. The van der Waals surface area contributed by atoms with Gasteiger partial charge in [0.05, 0.1) is 5.56 Å². The van der Waals surface area contributed by atoms with Crippen LogP contribution in [-0.2, 0) is 17.7 Å². The Morgan fingerprint density at radius 2 is 1.78 bits per heavy atom. The van der Waals surface area contributed by atoms with Gasteiger partial charge in [0.1, 0.15) is 0 Å². The summed E-state index contributed by atoms with van der Waals surface area (Å²) in [4.78, 5) is 28.2. The van der Waals surface area contributed by atoms with Crippen LogP contribution in [0.1, 0.15) is 39.0 Å². The maximum Gasteiger partial charge on any atom is 0.323 e. The molecule has 7 nitrogen and oxygen atoms in total. The van der Waals surface area contributed by atoms with E-state index >= 15 is 0 Å². The van der Waals surface area contributed by atoms with Gasteiger partial charge in [-0.3, -0.25) is 4.79 Å². The summed E-state index contributed by atoms with van der Waals surface area (Å²) in [6.07, 6.45) is 1.65. The van der Waals surface area contributed by atoms with Crippen LogP contribution in [0.3, 0.4) is 0 Å². The van der Waals surface area contributed by atoms with E-state index in [0.717, 1.165) is 48.4 Å². The maximum absolute atomic E-state index is 13.2. The van der Waals surface area contributed by atoms with E-state index in [1.165, 1.54) is 11.1 Å². The third-order valence-electron chi connectivity index (χ3n) is 6.41. The number of carbonyl (C=O) groups excluding carboxylic acids is 2. The van der Waals surface area contributed by atoms with Gasteiger partial charge in [0.2, 0.25) is 0 Å². The number of aryl methyl sites for hydroxylation is 2. The number of anilines is 3. The highest BCUT2D eigenvalue weighted by Crippen LogP contribution is 2.30. The predicted molar refractivity (Wildman–Crippen MR) is 145 cm³/mol. The van der Waals surface area contributed by atoms with Crippen LogP contribution in [0.2, 0.25) is 0 Å². The number of benzene rings is 3. The Hall–Kier alpha value is -3.84. The van der Waals surface area contributed by atoms with Crippen LogP contribution >= 0.6 is 0 Å². The average Bonchev–Trinajstić information content (AvgIpc) is 2.88. The van der Waals surface area contributed by atoms with Gasteiger partial charge < -0.3 is 25.6 Å². The Morgan fingerprint density at radius 3 is 2.56 bits per heavy atom. The summed E-state index contributed by atoms with van der Waals surface area (Å²) < 4.78 is 5.09. The van der Waals surface area contributed by atoms with Gasteiger partial charge in [0.25, 0.3) is 5.91 Å². The molecule has 0 aliphatic carbocycles. The van der Waals surface area contributed by atoms with E-state index < -0.39 is 0 Å². The standard InChI is InChI=1S/C29H34N4O3/c1-20-9-11-26(21(2)17-20)32-29(35)31-24-10-12-27(25(18-24)28(34)30-14-6-16-36-3)33-15-13-22-7-4-5-8-23(22)19-33/h4-5,7-12,17-18H,6,13-16,19H2,1-3H3,(H,30,34)(H2,31,32,35). The van der Waals surface area contributed by atoms with E-state index in [9.17, 15) is 9.59 Å². The molecule has 3 aromatic rings. The third-order valence-corrected chi connectivity index (χ3v) is 6.41. The lowest BCUT2D eigenvalue weighted by Gasteiger charge is -2.32. The molecule has 3 N–H and O–H groups in total. The van der Waals surface area contributed by atoms with Crippen LogP contribution in [0.25, 0.3) is 0 Å². The molecule has 0 spiro atoms. The monoisotopic (exact) mass is 486 g/mol. The molecule has 36 heavy (non-hydrogen) atoms. The van der Waals surface area contributed by atoms with Gasteiger partial charge in [-0.15, -0.1) is 0 Å². The normalized spacial score (nSPS) is 12.6. The second-order valence-electron chi connectivity index (χ2n) is 9.17. The fraction of sp³-hybridized carbons (Fsp3) is 0.310. The van der Waals surface area contributed by atoms with Crippen molar-refractivity contribution in [2.24, 2.45) is 0 Å². The van der Waals surface area contributed by atoms with Crippen LogP contribution < -0.4 is 20.9 Å². The average molecular weight is 487 g/mol. The predicted octanol–water partition coefficient (Wildman–Crippen LogP) is 5.28. The number of carbonyl (C=O) groups is 2. The van der Waals surface area contributed by atoms with E-state index in [1.807, 2.05) is 50.2 Å². The van der Waals surface area contributed by atoms with Crippen LogP contribution in [0, 0.1) is 13.8 Å². The van der Waals surface area contributed by atoms with Crippen LogP contribution in [0.5, 0.6) is 0 Å². The molecular formula is C29H34N4O3. The van der Waals surface area contributed by atoms with Crippen molar-refractivity contribution in [3.63, 3.8) is 0 Å². The van der Waals surface area contributed by atoms with Crippen molar-refractivity contribution in [1.82, 2.24) is 5.32 Å². The topological polar surface area (TPSA) is 82.7 Å². The second-order valence-corrected chi connectivity index (χ2v) is 9.17. The Labute approximate surface area is 212 Å². The molecule has 1 aliphatic heterocycles. The van der Waals surface area contributed by atoms with Crippen molar-refractivity contribution < 1.29 is 14.3 Å². The molecule has 3 amide bonds. The van der Waals surface area contributed by atoms with Crippen LogP contribution in [-0.4, -0.2) is 38.7 Å². The number of methoxy groups -OCH3 is 1. The van der Waals surface area contributed by atoms with Gasteiger partial charge >= 0.3 is 6.03 Å². The van der Waals surface area contributed by atoms with E-state index in [4.69, 9.17) is 4.74 Å². The molecule has 188 valence electrons. The first-order chi connectivity index (χ1) is 17.4. The minimum Gasteiger partial charge on any atom is -0.385 e. The van der Waals surface area contributed by atoms with Gasteiger partial charge in [-0.25, -0.2) is 4.79 Å². The fourth-order valence-corrected chi connectivity index (χ4v) is 4.52. The first kappa shape index (κ1) is 25.3. The minimum absolute atomic E-state index is 0.168. The Kier molecular flexibility index (Phi) is 8.23. The highest BCUT2D eigenvalue weighted by molar-refractivity contribution is 6.04. The molecule has 0 unspecified atom stereocenters. The van der Waals surface area contributed by atoms with Gasteiger partial charge in [-0.2, -0.15) is 0 Å². The molecule has 0 saturated heterocycles. The summed E-state index contributed by atoms with van der Waals surface area (Å²) in [6, 6.07) is 19.5. The van der Waals surface area contributed by atoms with Crippen molar-refractivity contribution >= 4 is 29.0 Å².